The molecule has 1 aromatic carbocycles. The molecule has 0 fully saturated rings. The number of amides is 1. The molecule has 1 amide bonds. The average Bonchev–Trinajstić information content (AvgIpc) is 3.01. The van der Waals surface area contributed by atoms with Gasteiger partial charge in [-0.1, -0.05) is 30.0 Å². The predicted octanol–water partition coefficient (Wildman–Crippen LogP) is 2.37. The molecule has 24 heavy (non-hydrogen) atoms. The maximum atomic E-state index is 12.1. The molecule has 1 heterocycles. The summed E-state index contributed by atoms with van der Waals surface area (Å²) in [5.41, 5.74) is 0.752. The van der Waals surface area contributed by atoms with Gasteiger partial charge in [-0.25, -0.2) is 4.79 Å². The van der Waals surface area contributed by atoms with E-state index in [1.165, 1.54) is 11.8 Å². The molecule has 8 heteroatoms. The normalized spacial score (nSPS) is 10.2. The first-order valence-electron chi connectivity index (χ1n) is 7.33. The Morgan fingerprint density at radius 3 is 2.96 bits per heavy atom. The first-order valence-corrected chi connectivity index (χ1v) is 8.31. The Morgan fingerprint density at radius 1 is 1.42 bits per heavy atom. The molecule has 0 aliphatic carbocycles. The van der Waals surface area contributed by atoms with Crippen LogP contribution >= 0.6 is 11.8 Å². The van der Waals surface area contributed by atoms with E-state index in [1.54, 1.807) is 48.2 Å². The van der Waals surface area contributed by atoms with Crippen LogP contribution in [0.2, 0.25) is 0 Å². The molecule has 0 radical (unpaired) electrons. The molecular formula is C16H18N4O3S. The smallest absolute Gasteiger partial charge is 0.340 e. The number of hydrogen-bond donors (Lipinski definition) is 1. The number of carbonyl (C=O) groups is 2. The van der Waals surface area contributed by atoms with Crippen LogP contribution in [-0.2, 0) is 16.1 Å². The highest BCUT2D eigenvalue weighted by Crippen LogP contribution is 2.19. The lowest BCUT2D eigenvalue weighted by Crippen LogP contribution is -2.17. The van der Waals surface area contributed by atoms with Gasteiger partial charge in [0.25, 0.3) is 0 Å². The van der Waals surface area contributed by atoms with Gasteiger partial charge in [0.05, 0.1) is 23.6 Å². The number of hydrogen-bond acceptors (Lipinski definition) is 6. The summed E-state index contributed by atoms with van der Waals surface area (Å²) >= 11 is 1.26. The monoisotopic (exact) mass is 346 g/mol. The van der Waals surface area contributed by atoms with E-state index in [0.29, 0.717) is 23.0 Å². The van der Waals surface area contributed by atoms with Crippen molar-refractivity contribution in [3.63, 3.8) is 0 Å². The van der Waals surface area contributed by atoms with E-state index < -0.39 is 5.97 Å². The Kier molecular flexibility index (Phi) is 6.56. The van der Waals surface area contributed by atoms with Gasteiger partial charge in [-0.15, -0.1) is 16.8 Å². The molecule has 1 aromatic heterocycles. The Hall–Kier alpha value is -2.61. The molecule has 7 nitrogen and oxygen atoms in total. The van der Waals surface area contributed by atoms with Crippen molar-refractivity contribution in [1.29, 1.82) is 0 Å². The summed E-state index contributed by atoms with van der Waals surface area (Å²) in [6.45, 7) is 6.24. The Morgan fingerprint density at radius 2 is 2.21 bits per heavy atom. The van der Waals surface area contributed by atoms with Gasteiger partial charge in [0.2, 0.25) is 5.91 Å². The lowest BCUT2D eigenvalue weighted by molar-refractivity contribution is -0.113. The van der Waals surface area contributed by atoms with Gasteiger partial charge in [-0.2, -0.15) is 0 Å². The zero-order chi connectivity index (χ0) is 17.4. The third-order valence-corrected chi connectivity index (χ3v) is 3.92. The van der Waals surface area contributed by atoms with E-state index in [2.05, 4.69) is 22.1 Å². The van der Waals surface area contributed by atoms with Crippen molar-refractivity contribution >= 4 is 29.3 Å². The second-order valence-electron chi connectivity index (χ2n) is 4.66. The number of carbonyl (C=O) groups excluding carboxylic acids is 2. The van der Waals surface area contributed by atoms with E-state index in [1.807, 2.05) is 0 Å². The zero-order valence-electron chi connectivity index (χ0n) is 13.3. The number of ether oxygens (including phenoxy) is 1. The Balaban J connectivity index is 1.99. The summed E-state index contributed by atoms with van der Waals surface area (Å²) in [5.74, 6) is -0.566. The second kappa shape index (κ2) is 8.88. The molecule has 0 aliphatic heterocycles. The number of thioether (sulfide) groups is 1. The van der Waals surface area contributed by atoms with Crippen molar-refractivity contribution in [3.8, 4) is 0 Å². The van der Waals surface area contributed by atoms with Crippen LogP contribution in [0.15, 0.2) is 48.4 Å². The van der Waals surface area contributed by atoms with Gasteiger partial charge in [0, 0.05) is 6.54 Å². The maximum absolute atomic E-state index is 12.1. The summed E-state index contributed by atoms with van der Waals surface area (Å²) in [6, 6.07) is 6.73. The van der Waals surface area contributed by atoms with Crippen LogP contribution in [0.3, 0.4) is 0 Å². The van der Waals surface area contributed by atoms with Crippen molar-refractivity contribution in [1.82, 2.24) is 14.8 Å². The van der Waals surface area contributed by atoms with E-state index >= 15 is 0 Å². The molecular weight excluding hydrogens is 328 g/mol. The first kappa shape index (κ1) is 17.7. The standard InChI is InChI=1S/C16H18N4O3S/c1-3-9-20-11-17-19-16(20)24-10-14(21)18-13-8-6-5-7-12(13)15(22)23-4-2/h3,5-8,11H,1,4,9-10H2,2H3,(H,18,21). The molecule has 0 aliphatic rings. The summed E-state index contributed by atoms with van der Waals surface area (Å²) < 4.78 is 6.77. The lowest BCUT2D eigenvalue weighted by atomic mass is 10.2. The van der Waals surface area contributed by atoms with E-state index in [9.17, 15) is 9.59 Å². The lowest BCUT2D eigenvalue weighted by Gasteiger charge is -2.10. The molecule has 2 rings (SSSR count). The fraction of sp³-hybridized carbons (Fsp3) is 0.250. The van der Waals surface area contributed by atoms with Crippen molar-refractivity contribution in [2.45, 2.75) is 18.6 Å². The molecule has 0 spiro atoms. The molecule has 1 N–H and O–H groups in total. The van der Waals surface area contributed by atoms with E-state index in [4.69, 9.17) is 4.74 Å². The first-order chi connectivity index (χ1) is 11.7. The van der Waals surface area contributed by atoms with Crippen molar-refractivity contribution in [3.05, 3.63) is 48.8 Å². The number of rotatable bonds is 8. The number of esters is 1. The minimum absolute atomic E-state index is 0.146. The third kappa shape index (κ3) is 4.69. The van der Waals surface area contributed by atoms with Crippen molar-refractivity contribution in [2.75, 3.05) is 17.7 Å². The predicted molar refractivity (Wildman–Crippen MR) is 92.0 cm³/mol. The van der Waals surface area contributed by atoms with Crippen LogP contribution < -0.4 is 5.32 Å². The minimum Gasteiger partial charge on any atom is -0.462 e. The van der Waals surface area contributed by atoms with Crippen LogP contribution in [0.5, 0.6) is 0 Å². The van der Waals surface area contributed by atoms with Gasteiger partial charge in [0.1, 0.15) is 6.33 Å². The summed E-state index contributed by atoms with van der Waals surface area (Å²) in [6.07, 6.45) is 3.31. The highest BCUT2D eigenvalue weighted by atomic mass is 32.2. The van der Waals surface area contributed by atoms with E-state index in [-0.39, 0.29) is 18.3 Å². The van der Waals surface area contributed by atoms with Crippen LogP contribution in [0.1, 0.15) is 17.3 Å². The Bertz CT molecular complexity index is 730. The zero-order valence-corrected chi connectivity index (χ0v) is 14.1. The highest BCUT2D eigenvalue weighted by molar-refractivity contribution is 7.99. The molecule has 0 saturated heterocycles. The SMILES string of the molecule is C=CCn1cnnc1SCC(=O)Nc1ccccc1C(=O)OCC. The Labute approximate surface area is 144 Å². The van der Waals surface area contributed by atoms with Gasteiger partial charge >= 0.3 is 5.97 Å². The summed E-state index contributed by atoms with van der Waals surface area (Å²) in [4.78, 5) is 24.0. The van der Waals surface area contributed by atoms with Crippen molar-refractivity contribution in [2.24, 2.45) is 0 Å². The van der Waals surface area contributed by atoms with Gasteiger partial charge in [0.15, 0.2) is 5.16 Å². The minimum atomic E-state index is -0.466. The third-order valence-electron chi connectivity index (χ3n) is 2.93. The van der Waals surface area contributed by atoms with E-state index in [0.717, 1.165) is 0 Å². The largest absolute Gasteiger partial charge is 0.462 e. The summed E-state index contributed by atoms with van der Waals surface area (Å²) in [5, 5.41) is 11.1. The molecule has 126 valence electrons. The van der Waals surface area contributed by atoms with Gasteiger partial charge in [-0.05, 0) is 19.1 Å². The number of benzene rings is 1. The number of para-hydroxylation sites is 1. The number of aromatic nitrogens is 3. The molecule has 0 atom stereocenters. The van der Waals surface area contributed by atoms with Crippen LogP contribution in [0.4, 0.5) is 5.69 Å². The molecule has 0 saturated carbocycles. The topological polar surface area (TPSA) is 86.1 Å². The van der Waals surface area contributed by atoms with Crippen LogP contribution in [0, 0.1) is 0 Å². The summed E-state index contributed by atoms with van der Waals surface area (Å²) in [7, 11) is 0. The maximum Gasteiger partial charge on any atom is 0.340 e. The van der Waals surface area contributed by atoms with Crippen molar-refractivity contribution < 1.29 is 14.3 Å². The fourth-order valence-corrected chi connectivity index (χ4v) is 2.64. The number of anilines is 1. The number of allylic oxidation sites excluding steroid dienone is 1. The molecule has 0 bridgehead atoms. The average molecular weight is 346 g/mol. The quantitative estimate of drug-likeness (QED) is 0.449. The van der Waals surface area contributed by atoms with Gasteiger partial charge < -0.3 is 14.6 Å². The number of nitrogens with zero attached hydrogens (tertiary/aromatic N) is 3. The molecule has 2 aromatic rings. The number of nitrogens with one attached hydrogen (secondary N) is 1. The van der Waals surface area contributed by atoms with Crippen LogP contribution in [0.25, 0.3) is 0 Å². The fourth-order valence-electron chi connectivity index (χ4n) is 1.92. The van der Waals surface area contributed by atoms with Gasteiger partial charge in [-0.3, -0.25) is 4.79 Å². The van der Waals surface area contributed by atoms with Crippen LogP contribution in [-0.4, -0.2) is 39.0 Å². The highest BCUT2D eigenvalue weighted by Gasteiger charge is 2.14. The second-order valence-corrected chi connectivity index (χ2v) is 5.60. The molecule has 0 unspecified atom stereocenters.